The summed E-state index contributed by atoms with van der Waals surface area (Å²) in [6, 6.07) is 6.60. The predicted molar refractivity (Wildman–Crippen MR) is 88.2 cm³/mol. The first-order valence-corrected chi connectivity index (χ1v) is 7.95. The van der Waals surface area contributed by atoms with Crippen LogP contribution in [0.4, 0.5) is 5.82 Å². The number of nitrogens with zero attached hydrogens (tertiary/aromatic N) is 2. The first-order chi connectivity index (χ1) is 10.1. The Labute approximate surface area is 130 Å². The molecule has 1 heterocycles. The van der Waals surface area contributed by atoms with Crippen LogP contribution in [0.25, 0.3) is 0 Å². The second-order valence-corrected chi connectivity index (χ2v) is 5.84. The lowest BCUT2D eigenvalue weighted by atomic mass is 10.1. The van der Waals surface area contributed by atoms with E-state index in [4.69, 9.17) is 4.74 Å². The number of hydrogen-bond acceptors (Lipinski definition) is 5. The first-order valence-electron chi connectivity index (χ1n) is 6.97. The normalized spacial score (nSPS) is 10.5. The van der Waals surface area contributed by atoms with Gasteiger partial charge in [-0.25, -0.2) is 9.97 Å². The zero-order chi connectivity index (χ0) is 15.2. The van der Waals surface area contributed by atoms with E-state index >= 15 is 0 Å². The number of ether oxygens (including phenoxy) is 1. The Balaban J connectivity index is 2.17. The van der Waals surface area contributed by atoms with Gasteiger partial charge in [-0.3, -0.25) is 0 Å². The number of aryl methyl sites for hydroxylation is 2. The molecule has 0 saturated carbocycles. The van der Waals surface area contributed by atoms with Crippen molar-refractivity contribution in [1.29, 1.82) is 0 Å². The largest absolute Gasteiger partial charge is 0.490 e. The molecule has 0 radical (unpaired) electrons. The fourth-order valence-electron chi connectivity index (χ4n) is 2.24. The highest BCUT2D eigenvalue weighted by molar-refractivity contribution is 7.98. The van der Waals surface area contributed by atoms with E-state index in [0.29, 0.717) is 5.75 Å². The highest BCUT2D eigenvalue weighted by atomic mass is 32.2. The highest BCUT2D eigenvalue weighted by Crippen LogP contribution is 2.34. The summed E-state index contributed by atoms with van der Waals surface area (Å²) in [4.78, 5) is 8.56. The number of hydrogen-bond donors (Lipinski definition) is 1. The second-order valence-electron chi connectivity index (χ2n) is 4.88. The van der Waals surface area contributed by atoms with Gasteiger partial charge in [-0.1, -0.05) is 41.1 Å². The van der Waals surface area contributed by atoms with Gasteiger partial charge in [0.2, 0.25) is 0 Å². The van der Waals surface area contributed by atoms with Gasteiger partial charge in [0.1, 0.15) is 11.4 Å². The van der Waals surface area contributed by atoms with Crippen molar-refractivity contribution in [3.63, 3.8) is 0 Å². The molecule has 1 N–H and O–H groups in total. The van der Waals surface area contributed by atoms with E-state index in [-0.39, 0.29) is 0 Å². The third-order valence-corrected chi connectivity index (χ3v) is 4.02. The molecule has 1 aromatic heterocycles. The van der Waals surface area contributed by atoms with Crippen molar-refractivity contribution >= 4 is 17.6 Å². The quantitative estimate of drug-likeness (QED) is 0.649. The van der Waals surface area contributed by atoms with Gasteiger partial charge in [-0.15, -0.1) is 0 Å². The van der Waals surface area contributed by atoms with E-state index in [9.17, 15) is 0 Å². The standard InChI is InChI=1S/C16H21N3OS/c1-5-17-15-14(20-4)16(19-10-18-15)21-9-13-7-11(2)6-12(3)8-13/h6-8,10H,5,9H2,1-4H3,(H,17,18,19). The zero-order valence-corrected chi connectivity index (χ0v) is 13.8. The van der Waals surface area contributed by atoms with E-state index in [2.05, 4.69) is 47.3 Å². The molecule has 0 amide bonds. The summed E-state index contributed by atoms with van der Waals surface area (Å²) < 4.78 is 5.46. The Bertz CT molecular complexity index is 596. The Morgan fingerprint density at radius 2 is 1.86 bits per heavy atom. The number of nitrogens with one attached hydrogen (secondary N) is 1. The van der Waals surface area contributed by atoms with Gasteiger partial charge >= 0.3 is 0 Å². The van der Waals surface area contributed by atoms with E-state index in [1.807, 2.05) is 6.92 Å². The molecule has 2 aromatic rings. The molecule has 5 heteroatoms. The van der Waals surface area contributed by atoms with Crippen LogP contribution in [0.5, 0.6) is 5.75 Å². The van der Waals surface area contributed by atoms with E-state index < -0.39 is 0 Å². The smallest absolute Gasteiger partial charge is 0.193 e. The molecule has 0 aliphatic carbocycles. The molecule has 1 aromatic carbocycles. The summed E-state index contributed by atoms with van der Waals surface area (Å²) in [5.74, 6) is 2.33. The zero-order valence-electron chi connectivity index (χ0n) is 12.9. The topological polar surface area (TPSA) is 47.0 Å². The highest BCUT2D eigenvalue weighted by Gasteiger charge is 2.12. The fraction of sp³-hybridized carbons (Fsp3) is 0.375. The third-order valence-electron chi connectivity index (χ3n) is 2.98. The number of anilines is 1. The average Bonchev–Trinajstić information content (AvgIpc) is 2.44. The Kier molecular flexibility index (Phi) is 5.44. The molecule has 0 unspecified atom stereocenters. The summed E-state index contributed by atoms with van der Waals surface area (Å²) in [7, 11) is 1.65. The molecular weight excluding hydrogens is 282 g/mol. The van der Waals surface area contributed by atoms with Crippen LogP contribution in [-0.4, -0.2) is 23.6 Å². The lowest BCUT2D eigenvalue weighted by molar-refractivity contribution is 0.400. The van der Waals surface area contributed by atoms with Crippen LogP contribution in [0.1, 0.15) is 23.6 Å². The van der Waals surface area contributed by atoms with Crippen molar-refractivity contribution in [2.24, 2.45) is 0 Å². The van der Waals surface area contributed by atoms with Crippen LogP contribution in [0.2, 0.25) is 0 Å². The number of methoxy groups -OCH3 is 1. The molecule has 112 valence electrons. The molecule has 0 aliphatic heterocycles. The molecule has 21 heavy (non-hydrogen) atoms. The predicted octanol–water partition coefficient (Wildman–Crippen LogP) is 3.83. The van der Waals surface area contributed by atoms with Crippen LogP contribution in [0.15, 0.2) is 29.6 Å². The van der Waals surface area contributed by atoms with Gasteiger partial charge in [-0.2, -0.15) is 0 Å². The third kappa shape index (κ3) is 4.11. The summed E-state index contributed by atoms with van der Waals surface area (Å²) in [6.07, 6.45) is 1.57. The van der Waals surface area contributed by atoms with E-state index in [1.165, 1.54) is 16.7 Å². The minimum atomic E-state index is 0.716. The first kappa shape index (κ1) is 15.6. The SMILES string of the molecule is CCNc1ncnc(SCc2cc(C)cc(C)c2)c1OC. The van der Waals surface area contributed by atoms with Crippen molar-refractivity contribution in [2.45, 2.75) is 31.6 Å². The van der Waals surface area contributed by atoms with Crippen LogP contribution in [0.3, 0.4) is 0 Å². The van der Waals surface area contributed by atoms with Gasteiger partial charge in [0.15, 0.2) is 11.6 Å². The average molecular weight is 303 g/mol. The Hall–Kier alpha value is -1.75. The second kappa shape index (κ2) is 7.31. The van der Waals surface area contributed by atoms with Gasteiger partial charge in [0.25, 0.3) is 0 Å². The minimum Gasteiger partial charge on any atom is -0.490 e. The van der Waals surface area contributed by atoms with Crippen molar-refractivity contribution in [1.82, 2.24) is 9.97 Å². The minimum absolute atomic E-state index is 0.716. The van der Waals surface area contributed by atoms with Gasteiger partial charge in [0, 0.05) is 12.3 Å². The maximum absolute atomic E-state index is 5.46. The molecule has 0 fully saturated rings. The van der Waals surface area contributed by atoms with Crippen molar-refractivity contribution in [2.75, 3.05) is 19.0 Å². The summed E-state index contributed by atoms with van der Waals surface area (Å²) in [5.41, 5.74) is 3.87. The summed E-state index contributed by atoms with van der Waals surface area (Å²) in [6.45, 7) is 7.07. The van der Waals surface area contributed by atoms with Gasteiger partial charge in [0.05, 0.1) is 7.11 Å². The van der Waals surface area contributed by atoms with E-state index in [1.54, 1.807) is 25.2 Å². The summed E-state index contributed by atoms with van der Waals surface area (Å²) in [5, 5.41) is 4.06. The molecule has 0 saturated heterocycles. The fourth-order valence-corrected chi connectivity index (χ4v) is 3.14. The van der Waals surface area contributed by atoms with E-state index in [0.717, 1.165) is 23.1 Å². The lowest BCUT2D eigenvalue weighted by Gasteiger charge is -2.12. The molecule has 0 bridgehead atoms. The van der Waals surface area contributed by atoms with Crippen molar-refractivity contribution in [3.8, 4) is 5.75 Å². The monoisotopic (exact) mass is 303 g/mol. The maximum atomic E-state index is 5.46. The maximum Gasteiger partial charge on any atom is 0.193 e. The van der Waals surface area contributed by atoms with Gasteiger partial charge < -0.3 is 10.1 Å². The molecular formula is C16H21N3OS. The molecule has 2 rings (SSSR count). The molecule has 4 nitrogen and oxygen atoms in total. The van der Waals surface area contributed by atoms with Crippen LogP contribution in [0, 0.1) is 13.8 Å². The number of thioether (sulfide) groups is 1. The van der Waals surface area contributed by atoms with Crippen LogP contribution in [-0.2, 0) is 5.75 Å². The lowest BCUT2D eigenvalue weighted by Crippen LogP contribution is -2.04. The van der Waals surface area contributed by atoms with Crippen molar-refractivity contribution < 1.29 is 4.74 Å². The number of rotatable bonds is 6. The number of benzene rings is 1. The molecule has 0 atom stereocenters. The molecule has 0 spiro atoms. The summed E-state index contributed by atoms with van der Waals surface area (Å²) >= 11 is 1.67. The Morgan fingerprint density at radius 3 is 2.48 bits per heavy atom. The Morgan fingerprint density at radius 1 is 1.14 bits per heavy atom. The van der Waals surface area contributed by atoms with Crippen LogP contribution >= 0.6 is 11.8 Å². The van der Waals surface area contributed by atoms with Gasteiger partial charge in [-0.05, 0) is 26.3 Å². The van der Waals surface area contributed by atoms with Crippen LogP contribution < -0.4 is 10.1 Å². The van der Waals surface area contributed by atoms with Crippen molar-refractivity contribution in [3.05, 3.63) is 41.2 Å². The molecule has 0 aliphatic rings. The number of aromatic nitrogens is 2.